The van der Waals surface area contributed by atoms with Crippen LogP contribution in [-0.2, 0) is 0 Å². The number of amides is 1. The lowest BCUT2D eigenvalue weighted by Gasteiger charge is -2.27. The maximum Gasteiger partial charge on any atom is 0.337 e. The quantitative estimate of drug-likeness (QED) is 0.323. The molecule has 0 spiro atoms. The van der Waals surface area contributed by atoms with Crippen molar-refractivity contribution in [3.8, 4) is 0 Å². The Balaban J connectivity index is 2.10. The fourth-order valence-corrected chi connectivity index (χ4v) is 2.43. The molecule has 11 heteroatoms. The Morgan fingerprint density at radius 1 is 1.12 bits per heavy atom. The molecule has 7 nitrogen and oxygen atoms in total. The number of hydrogen-bond acceptors (Lipinski definition) is 4. The van der Waals surface area contributed by atoms with Crippen LogP contribution in [0.1, 0.15) is 20.9 Å². The van der Waals surface area contributed by atoms with Gasteiger partial charge in [-0.1, -0.05) is 46.9 Å². The van der Waals surface area contributed by atoms with E-state index in [1.807, 2.05) is 0 Å². The molecule has 1 atom stereocenters. The molecule has 1 heterocycles. The van der Waals surface area contributed by atoms with E-state index in [9.17, 15) is 14.7 Å². The molecule has 0 radical (unpaired) electrons. The number of carbonyl (C=O) groups is 2. The van der Waals surface area contributed by atoms with E-state index in [2.05, 4.69) is 16.0 Å². The molecule has 0 saturated heterocycles. The van der Waals surface area contributed by atoms with Gasteiger partial charge in [-0.25, -0.2) is 4.79 Å². The van der Waals surface area contributed by atoms with E-state index < -0.39 is 21.8 Å². The maximum absolute atomic E-state index is 12.1. The van der Waals surface area contributed by atoms with Gasteiger partial charge in [-0.15, -0.1) is 0 Å². The Morgan fingerprint density at radius 2 is 1.81 bits per heavy atom. The minimum Gasteiger partial charge on any atom is -0.478 e. The van der Waals surface area contributed by atoms with Crippen molar-refractivity contribution in [2.75, 3.05) is 5.32 Å². The fraction of sp³-hybridized carbons (Fsp3) is 0.133. The fourth-order valence-electron chi connectivity index (χ4n) is 1.88. The predicted octanol–water partition coefficient (Wildman–Crippen LogP) is 3.39. The van der Waals surface area contributed by atoms with Crippen molar-refractivity contribution in [1.29, 1.82) is 0 Å². The van der Waals surface area contributed by atoms with Gasteiger partial charge in [0.1, 0.15) is 6.17 Å². The highest BCUT2D eigenvalue weighted by atomic mass is 35.6. The van der Waals surface area contributed by atoms with Crippen molar-refractivity contribution in [2.45, 2.75) is 9.96 Å². The summed E-state index contributed by atoms with van der Waals surface area (Å²) < 4.78 is 3.01. The summed E-state index contributed by atoms with van der Waals surface area (Å²) in [5.74, 6) is -1.76. The van der Waals surface area contributed by atoms with Gasteiger partial charge in [0.2, 0.25) is 3.79 Å². The van der Waals surface area contributed by atoms with Crippen molar-refractivity contribution in [1.82, 2.24) is 10.6 Å². The molecular weight excluding hydrogens is 425 g/mol. The van der Waals surface area contributed by atoms with E-state index in [1.165, 1.54) is 30.5 Å². The predicted molar refractivity (Wildman–Crippen MR) is 103 cm³/mol. The second-order valence-corrected chi connectivity index (χ2v) is 7.65. The van der Waals surface area contributed by atoms with Crippen LogP contribution >= 0.6 is 47.0 Å². The zero-order valence-electron chi connectivity index (χ0n) is 12.8. The van der Waals surface area contributed by atoms with Crippen molar-refractivity contribution in [2.24, 2.45) is 0 Å². The van der Waals surface area contributed by atoms with Gasteiger partial charge in [-0.05, 0) is 36.5 Å². The molecular formula is C15H12Cl3N3O4S. The molecule has 0 aliphatic heterocycles. The summed E-state index contributed by atoms with van der Waals surface area (Å²) in [5, 5.41) is 16.9. The smallest absolute Gasteiger partial charge is 0.337 e. The van der Waals surface area contributed by atoms with E-state index in [0.29, 0.717) is 0 Å². The highest BCUT2D eigenvalue weighted by Gasteiger charge is 2.35. The standard InChI is InChI=1S/C15H12Cl3N3O4S/c16-15(17,18)13(20-11(22)10-6-3-7-25-10)21-14(26)19-9-5-2-1-4-8(9)12(23)24/h1-7,13H,(H,20,22)(H,23,24)(H2,19,21,26)/t13-/m0/s1. The number of rotatable bonds is 5. The lowest BCUT2D eigenvalue weighted by molar-refractivity contribution is 0.0697. The summed E-state index contributed by atoms with van der Waals surface area (Å²) in [6.07, 6.45) is 0.101. The number of alkyl halides is 3. The lowest BCUT2D eigenvalue weighted by atomic mass is 10.2. The van der Waals surface area contributed by atoms with Crippen LogP contribution in [0.25, 0.3) is 0 Å². The van der Waals surface area contributed by atoms with Crippen LogP contribution in [0.15, 0.2) is 47.1 Å². The number of aromatic carboxylic acids is 1. The Morgan fingerprint density at radius 3 is 2.38 bits per heavy atom. The average Bonchev–Trinajstić information content (AvgIpc) is 3.08. The minimum atomic E-state index is -1.96. The number of halogens is 3. The third-order valence-electron chi connectivity index (χ3n) is 3.03. The molecule has 0 saturated carbocycles. The van der Waals surface area contributed by atoms with E-state index in [-0.39, 0.29) is 22.1 Å². The summed E-state index contributed by atoms with van der Waals surface area (Å²) in [5.41, 5.74) is 0.236. The van der Waals surface area contributed by atoms with E-state index in [1.54, 1.807) is 12.1 Å². The Labute approximate surface area is 168 Å². The minimum absolute atomic E-state index is 0.00158. The molecule has 1 aromatic heterocycles. The van der Waals surface area contributed by atoms with Crippen LogP contribution in [0.3, 0.4) is 0 Å². The molecule has 2 aromatic rings. The first kappa shape index (κ1) is 20.3. The average molecular weight is 437 g/mol. The highest BCUT2D eigenvalue weighted by Crippen LogP contribution is 2.29. The SMILES string of the molecule is O=C(N[C@@H](NC(=S)Nc1ccccc1C(=O)O)C(Cl)(Cl)Cl)c1ccco1. The van der Waals surface area contributed by atoms with Crippen LogP contribution in [0.2, 0.25) is 0 Å². The van der Waals surface area contributed by atoms with Gasteiger partial charge in [-0.3, -0.25) is 4.79 Å². The van der Waals surface area contributed by atoms with Crippen LogP contribution in [0, 0.1) is 0 Å². The van der Waals surface area contributed by atoms with Crippen LogP contribution in [0.4, 0.5) is 5.69 Å². The van der Waals surface area contributed by atoms with E-state index in [4.69, 9.17) is 51.4 Å². The molecule has 1 amide bonds. The third kappa shape index (κ3) is 5.50. The molecule has 138 valence electrons. The summed E-state index contributed by atoms with van der Waals surface area (Å²) in [7, 11) is 0. The zero-order valence-corrected chi connectivity index (χ0v) is 15.9. The first-order valence-corrected chi connectivity index (χ1v) is 8.53. The first-order chi connectivity index (χ1) is 12.2. The number of hydrogen-bond donors (Lipinski definition) is 4. The van der Waals surface area contributed by atoms with E-state index >= 15 is 0 Å². The normalized spacial score (nSPS) is 12.1. The molecule has 0 bridgehead atoms. The highest BCUT2D eigenvalue weighted by molar-refractivity contribution is 7.80. The topological polar surface area (TPSA) is 104 Å². The van der Waals surface area contributed by atoms with Crippen molar-refractivity contribution < 1.29 is 19.1 Å². The van der Waals surface area contributed by atoms with Gasteiger partial charge in [0.05, 0.1) is 17.5 Å². The van der Waals surface area contributed by atoms with Gasteiger partial charge in [-0.2, -0.15) is 0 Å². The van der Waals surface area contributed by atoms with Gasteiger partial charge in [0, 0.05) is 0 Å². The zero-order chi connectivity index (χ0) is 19.3. The Kier molecular flexibility index (Phi) is 6.71. The second kappa shape index (κ2) is 8.59. The number of carboxylic acids is 1. The molecule has 2 rings (SSSR count). The monoisotopic (exact) mass is 435 g/mol. The number of nitrogens with one attached hydrogen (secondary N) is 3. The summed E-state index contributed by atoms with van der Waals surface area (Å²) in [4.78, 5) is 23.3. The molecule has 0 fully saturated rings. The molecule has 26 heavy (non-hydrogen) atoms. The van der Waals surface area contributed by atoms with Crippen LogP contribution in [-0.4, -0.2) is 32.1 Å². The number of carbonyl (C=O) groups excluding carboxylic acids is 1. The maximum atomic E-state index is 12.1. The van der Waals surface area contributed by atoms with Gasteiger partial charge >= 0.3 is 5.97 Å². The lowest BCUT2D eigenvalue weighted by Crippen LogP contribution is -2.56. The first-order valence-electron chi connectivity index (χ1n) is 6.99. The number of anilines is 1. The third-order valence-corrected chi connectivity index (χ3v) is 3.90. The van der Waals surface area contributed by atoms with Crippen LogP contribution in [0.5, 0.6) is 0 Å². The number of benzene rings is 1. The second-order valence-electron chi connectivity index (χ2n) is 4.87. The Bertz CT molecular complexity index is 809. The van der Waals surface area contributed by atoms with Gasteiger partial charge in [0.25, 0.3) is 5.91 Å². The van der Waals surface area contributed by atoms with Crippen molar-refractivity contribution in [3.63, 3.8) is 0 Å². The molecule has 1 aromatic carbocycles. The summed E-state index contributed by atoms with van der Waals surface area (Å²) >= 11 is 22.7. The number of thiocarbonyl (C=S) groups is 1. The number of carboxylic acid groups (broad SMARTS) is 1. The Hall–Kier alpha value is -2.00. The van der Waals surface area contributed by atoms with Gasteiger partial charge < -0.3 is 25.5 Å². The number of para-hydroxylation sites is 1. The van der Waals surface area contributed by atoms with Crippen molar-refractivity contribution in [3.05, 3.63) is 54.0 Å². The molecule has 4 N–H and O–H groups in total. The largest absolute Gasteiger partial charge is 0.478 e. The molecule has 0 unspecified atom stereocenters. The van der Waals surface area contributed by atoms with Crippen LogP contribution < -0.4 is 16.0 Å². The van der Waals surface area contributed by atoms with Gasteiger partial charge in [0.15, 0.2) is 10.9 Å². The van der Waals surface area contributed by atoms with Crippen molar-refractivity contribution >= 4 is 69.7 Å². The molecule has 0 aliphatic rings. The summed E-state index contributed by atoms with van der Waals surface area (Å²) in [6, 6.07) is 9.08. The summed E-state index contributed by atoms with van der Waals surface area (Å²) in [6.45, 7) is 0. The molecule has 0 aliphatic carbocycles. The van der Waals surface area contributed by atoms with E-state index in [0.717, 1.165) is 0 Å². The number of furan rings is 1.